The fourth-order valence-electron chi connectivity index (χ4n) is 3.29. The van der Waals surface area contributed by atoms with Crippen molar-refractivity contribution >= 4 is 17.2 Å². The smallest absolute Gasteiger partial charge is 0.237 e. The summed E-state index contributed by atoms with van der Waals surface area (Å²) in [7, 11) is 0. The summed E-state index contributed by atoms with van der Waals surface area (Å²) in [5, 5.41) is 9.55. The minimum atomic E-state index is -0.124. The van der Waals surface area contributed by atoms with Gasteiger partial charge < -0.3 is 5.32 Å². The van der Waals surface area contributed by atoms with Crippen LogP contribution in [0.4, 0.5) is 0 Å². The van der Waals surface area contributed by atoms with Crippen LogP contribution in [0.25, 0.3) is 11.3 Å². The highest BCUT2D eigenvalue weighted by Gasteiger charge is 2.45. The number of benzene rings is 1. The molecule has 4 nitrogen and oxygen atoms in total. The second-order valence-electron chi connectivity index (χ2n) is 6.09. The van der Waals surface area contributed by atoms with Crippen LogP contribution in [0.1, 0.15) is 31.7 Å². The van der Waals surface area contributed by atoms with Gasteiger partial charge in [0.15, 0.2) is 0 Å². The van der Waals surface area contributed by atoms with Gasteiger partial charge in [-0.2, -0.15) is 0 Å². The van der Waals surface area contributed by atoms with E-state index in [1.807, 2.05) is 18.2 Å². The van der Waals surface area contributed by atoms with Crippen molar-refractivity contribution in [1.82, 2.24) is 15.6 Å². The van der Waals surface area contributed by atoms with Crippen molar-refractivity contribution in [1.29, 1.82) is 0 Å². The van der Waals surface area contributed by atoms with Gasteiger partial charge in [-0.15, -0.1) is 11.3 Å². The third-order valence-corrected chi connectivity index (χ3v) is 5.83. The van der Waals surface area contributed by atoms with E-state index >= 15 is 0 Å². The third kappa shape index (κ3) is 3.16. The molecule has 1 atom stereocenters. The maximum Gasteiger partial charge on any atom is 0.237 e. The fraction of sp³-hybridized carbons (Fsp3) is 0.444. The molecule has 1 unspecified atom stereocenters. The summed E-state index contributed by atoms with van der Waals surface area (Å²) in [5.41, 5.74) is 2.15. The van der Waals surface area contributed by atoms with Gasteiger partial charge in [0.1, 0.15) is 5.01 Å². The molecule has 1 amide bonds. The molecule has 2 aromatic rings. The number of hydrogen-bond acceptors (Lipinski definition) is 4. The average Bonchev–Trinajstić information content (AvgIpc) is 3.19. The zero-order valence-corrected chi connectivity index (χ0v) is 14.5. The fourth-order valence-corrected chi connectivity index (χ4v) is 4.04. The minimum Gasteiger partial charge on any atom is -0.354 e. The highest BCUT2D eigenvalue weighted by atomic mass is 32.1. The molecular formula is C18H23N3OS. The van der Waals surface area contributed by atoms with Crippen LogP contribution in [0.5, 0.6) is 0 Å². The van der Waals surface area contributed by atoms with E-state index in [0.29, 0.717) is 6.54 Å². The Morgan fingerprint density at radius 1 is 1.30 bits per heavy atom. The van der Waals surface area contributed by atoms with Crippen molar-refractivity contribution in [2.24, 2.45) is 5.41 Å². The van der Waals surface area contributed by atoms with E-state index in [9.17, 15) is 4.79 Å². The highest BCUT2D eigenvalue weighted by Crippen LogP contribution is 2.34. The van der Waals surface area contributed by atoms with Crippen LogP contribution >= 0.6 is 11.3 Å². The molecule has 2 heterocycles. The molecule has 0 saturated carbocycles. The number of nitrogens with zero attached hydrogens (tertiary/aromatic N) is 1. The van der Waals surface area contributed by atoms with Gasteiger partial charge in [-0.3, -0.25) is 10.1 Å². The summed E-state index contributed by atoms with van der Waals surface area (Å²) in [5.74, 6) is 0.119. The molecule has 1 aromatic carbocycles. The molecule has 0 bridgehead atoms. The zero-order chi connectivity index (χ0) is 16.3. The van der Waals surface area contributed by atoms with E-state index in [2.05, 4.69) is 42.0 Å². The van der Waals surface area contributed by atoms with Crippen LogP contribution in [0.15, 0.2) is 35.7 Å². The predicted octanol–water partition coefficient (Wildman–Crippen LogP) is 3.20. The van der Waals surface area contributed by atoms with Crippen molar-refractivity contribution in [3.8, 4) is 11.3 Å². The molecular weight excluding hydrogens is 306 g/mol. The Hall–Kier alpha value is -1.72. The molecule has 23 heavy (non-hydrogen) atoms. The van der Waals surface area contributed by atoms with Crippen LogP contribution in [0, 0.1) is 5.41 Å². The quantitative estimate of drug-likeness (QED) is 0.856. The Morgan fingerprint density at radius 2 is 2.04 bits per heavy atom. The van der Waals surface area contributed by atoms with Gasteiger partial charge in [-0.25, -0.2) is 4.98 Å². The molecule has 1 aromatic heterocycles. The van der Waals surface area contributed by atoms with Crippen molar-refractivity contribution in [2.75, 3.05) is 6.54 Å². The maximum absolute atomic E-state index is 12.2. The van der Waals surface area contributed by atoms with Gasteiger partial charge in [0.05, 0.1) is 11.7 Å². The standard InChI is InChI=1S/C18H23N3OS/c1-3-18(4-2)12-20-17(22)16(18)19-10-15-21-14(11-23-15)13-8-6-5-7-9-13/h5-9,11,16,19H,3-4,10,12H2,1-2H3,(H,20,22). The number of carbonyl (C=O) groups is 1. The van der Waals surface area contributed by atoms with Gasteiger partial charge >= 0.3 is 0 Å². The van der Waals surface area contributed by atoms with E-state index in [1.165, 1.54) is 0 Å². The van der Waals surface area contributed by atoms with Crippen molar-refractivity contribution in [3.05, 3.63) is 40.7 Å². The Morgan fingerprint density at radius 3 is 2.74 bits per heavy atom. The maximum atomic E-state index is 12.2. The van der Waals surface area contributed by atoms with Crippen molar-refractivity contribution in [2.45, 2.75) is 39.3 Å². The lowest BCUT2D eigenvalue weighted by Gasteiger charge is -2.31. The Kier molecular flexibility index (Phi) is 4.78. The minimum absolute atomic E-state index is 0.0244. The van der Waals surface area contributed by atoms with Crippen molar-refractivity contribution < 1.29 is 4.79 Å². The van der Waals surface area contributed by atoms with Gasteiger partial charge in [-0.1, -0.05) is 44.2 Å². The molecule has 1 saturated heterocycles. The van der Waals surface area contributed by atoms with Crippen molar-refractivity contribution in [3.63, 3.8) is 0 Å². The molecule has 0 aliphatic carbocycles. The topological polar surface area (TPSA) is 54.0 Å². The first-order chi connectivity index (χ1) is 11.2. The van der Waals surface area contributed by atoms with Gasteiger partial charge in [0.2, 0.25) is 5.91 Å². The molecule has 122 valence electrons. The van der Waals surface area contributed by atoms with E-state index in [-0.39, 0.29) is 17.4 Å². The summed E-state index contributed by atoms with van der Waals surface area (Å²) in [6.45, 7) is 5.73. The summed E-state index contributed by atoms with van der Waals surface area (Å²) in [6, 6.07) is 10.1. The van der Waals surface area contributed by atoms with Crippen LogP contribution < -0.4 is 10.6 Å². The Bertz CT molecular complexity index is 664. The first-order valence-corrected chi connectivity index (χ1v) is 9.07. The molecule has 1 aliphatic heterocycles. The number of carbonyl (C=O) groups excluding carboxylic acids is 1. The summed E-state index contributed by atoms with van der Waals surface area (Å²) in [6.07, 6.45) is 1.99. The Labute approximate surface area is 141 Å². The summed E-state index contributed by atoms with van der Waals surface area (Å²) >= 11 is 1.64. The van der Waals surface area contributed by atoms with E-state index < -0.39 is 0 Å². The number of aromatic nitrogens is 1. The van der Waals surface area contributed by atoms with Crippen LogP contribution in [-0.2, 0) is 11.3 Å². The third-order valence-electron chi connectivity index (χ3n) is 4.98. The normalized spacial score (nSPS) is 19.7. The number of hydrogen-bond donors (Lipinski definition) is 2. The second-order valence-corrected chi connectivity index (χ2v) is 7.04. The average molecular weight is 329 g/mol. The molecule has 1 fully saturated rings. The van der Waals surface area contributed by atoms with Crippen LogP contribution in [0.3, 0.4) is 0 Å². The number of amides is 1. The van der Waals surface area contributed by atoms with E-state index in [4.69, 9.17) is 4.98 Å². The van der Waals surface area contributed by atoms with Gasteiger partial charge in [0, 0.05) is 29.4 Å². The Balaban J connectivity index is 1.69. The molecule has 0 radical (unpaired) electrons. The summed E-state index contributed by atoms with van der Waals surface area (Å²) < 4.78 is 0. The van der Waals surface area contributed by atoms with E-state index in [0.717, 1.165) is 35.7 Å². The SMILES string of the molecule is CCC1(CC)CNC(=O)C1NCc1nc(-c2ccccc2)cs1. The lowest BCUT2D eigenvalue weighted by atomic mass is 9.78. The second kappa shape index (κ2) is 6.81. The van der Waals surface area contributed by atoms with Crippen LogP contribution in [0.2, 0.25) is 0 Å². The lowest BCUT2D eigenvalue weighted by Crippen LogP contribution is -2.45. The molecule has 2 N–H and O–H groups in total. The molecule has 1 aliphatic rings. The molecule has 5 heteroatoms. The van der Waals surface area contributed by atoms with Gasteiger partial charge in [0.25, 0.3) is 0 Å². The zero-order valence-electron chi connectivity index (χ0n) is 13.6. The number of thiazole rings is 1. The van der Waals surface area contributed by atoms with E-state index in [1.54, 1.807) is 11.3 Å². The first kappa shape index (κ1) is 16.1. The number of rotatable bonds is 6. The highest BCUT2D eigenvalue weighted by molar-refractivity contribution is 7.09. The lowest BCUT2D eigenvalue weighted by molar-refractivity contribution is -0.122. The molecule has 0 spiro atoms. The van der Waals surface area contributed by atoms with Crippen LogP contribution in [-0.4, -0.2) is 23.5 Å². The number of nitrogens with one attached hydrogen (secondary N) is 2. The van der Waals surface area contributed by atoms with Gasteiger partial charge in [-0.05, 0) is 12.8 Å². The largest absolute Gasteiger partial charge is 0.354 e. The predicted molar refractivity (Wildman–Crippen MR) is 94.2 cm³/mol. The molecule has 3 rings (SSSR count). The first-order valence-electron chi connectivity index (χ1n) is 8.19. The monoisotopic (exact) mass is 329 g/mol. The summed E-state index contributed by atoms with van der Waals surface area (Å²) in [4.78, 5) is 16.9.